The minimum absolute atomic E-state index is 0.0648. The molecule has 0 aromatic heterocycles. The van der Waals surface area contributed by atoms with Crippen LogP contribution in [0.1, 0.15) is 44.9 Å². The van der Waals surface area contributed by atoms with Crippen LogP contribution in [0.25, 0.3) is 0 Å². The fraction of sp³-hybridized carbons (Fsp3) is 0.875. The maximum Gasteiger partial charge on any atom is 0.232 e. The molecule has 4 bridgehead atoms. The van der Waals surface area contributed by atoms with Gasteiger partial charge in [0.1, 0.15) is 0 Å². The van der Waals surface area contributed by atoms with E-state index in [-0.39, 0.29) is 28.9 Å². The van der Waals surface area contributed by atoms with E-state index in [9.17, 15) is 13.2 Å². The van der Waals surface area contributed by atoms with E-state index in [1.54, 1.807) is 0 Å². The van der Waals surface area contributed by atoms with Crippen molar-refractivity contribution in [2.45, 2.75) is 51.0 Å². The minimum atomic E-state index is -2.94. The van der Waals surface area contributed by atoms with Crippen molar-refractivity contribution in [3.8, 4) is 0 Å². The fourth-order valence-electron chi connectivity index (χ4n) is 5.75. The fourth-order valence-corrected chi connectivity index (χ4v) is 7.69. The van der Waals surface area contributed by atoms with Crippen LogP contribution in [0.2, 0.25) is 0 Å². The van der Waals surface area contributed by atoms with Crippen LogP contribution in [0.3, 0.4) is 0 Å². The largest absolute Gasteiger partial charge is 0.359 e. The molecule has 4 saturated carbocycles. The molecule has 0 unspecified atom stereocenters. The van der Waals surface area contributed by atoms with Gasteiger partial charge >= 0.3 is 0 Å². The second kappa shape index (κ2) is 5.41. The number of hydrogen-bond acceptors (Lipinski definition) is 4. The zero-order chi connectivity index (χ0) is 16.2. The standard InChI is InChI=1S/C16H24N2O3S2/c19-14(18-15(22)17-13-1-2-23(20,21)9-13)16-6-10-3-11(7-16)5-12(4-10)8-16/h10-13H,1-9H2,(H2,17,18,19,22)/t10?,11?,12?,13-,16?/m0/s1. The molecule has 1 atom stereocenters. The Labute approximate surface area is 142 Å². The van der Waals surface area contributed by atoms with Gasteiger partial charge in [-0.15, -0.1) is 0 Å². The molecule has 0 aromatic carbocycles. The number of carbonyl (C=O) groups is 1. The number of amides is 1. The minimum Gasteiger partial charge on any atom is -0.359 e. The summed E-state index contributed by atoms with van der Waals surface area (Å²) in [6.45, 7) is 0. The summed E-state index contributed by atoms with van der Waals surface area (Å²) in [5.41, 5.74) is -0.220. The van der Waals surface area contributed by atoms with Gasteiger partial charge < -0.3 is 10.6 Å². The maximum atomic E-state index is 12.9. The molecule has 1 saturated heterocycles. The first-order valence-electron chi connectivity index (χ1n) is 8.66. The molecule has 0 aromatic rings. The summed E-state index contributed by atoms with van der Waals surface area (Å²) >= 11 is 5.26. The van der Waals surface area contributed by atoms with Crippen LogP contribution in [-0.4, -0.2) is 37.0 Å². The van der Waals surface area contributed by atoms with E-state index < -0.39 is 9.84 Å². The van der Waals surface area contributed by atoms with Crippen LogP contribution in [0.4, 0.5) is 0 Å². The average molecular weight is 357 g/mol. The Morgan fingerprint density at radius 3 is 2.09 bits per heavy atom. The van der Waals surface area contributed by atoms with Gasteiger partial charge in [0.05, 0.1) is 16.9 Å². The van der Waals surface area contributed by atoms with E-state index in [0.717, 1.165) is 19.3 Å². The summed E-state index contributed by atoms with van der Waals surface area (Å²) in [6, 6.07) is -0.163. The van der Waals surface area contributed by atoms with E-state index in [1.165, 1.54) is 19.3 Å². The molecular formula is C16H24N2O3S2. The van der Waals surface area contributed by atoms with Crippen LogP contribution in [0.5, 0.6) is 0 Å². The summed E-state index contributed by atoms with van der Waals surface area (Å²) in [5.74, 6) is 2.53. The molecular weight excluding hydrogens is 332 g/mol. The van der Waals surface area contributed by atoms with Gasteiger partial charge in [-0.3, -0.25) is 4.79 Å². The first-order valence-corrected chi connectivity index (χ1v) is 10.9. The van der Waals surface area contributed by atoms with E-state index in [2.05, 4.69) is 10.6 Å². The smallest absolute Gasteiger partial charge is 0.232 e. The molecule has 128 valence electrons. The molecule has 23 heavy (non-hydrogen) atoms. The SMILES string of the molecule is O=C(NC(=S)N[C@H]1CCS(=O)(=O)C1)C12CC3CC(CC(C3)C1)C2. The van der Waals surface area contributed by atoms with E-state index in [1.807, 2.05) is 0 Å². The number of carbonyl (C=O) groups excluding carboxylic acids is 1. The molecule has 0 radical (unpaired) electrons. The Balaban J connectivity index is 1.37. The van der Waals surface area contributed by atoms with Crippen molar-refractivity contribution >= 4 is 33.1 Å². The number of sulfone groups is 1. The van der Waals surface area contributed by atoms with Gasteiger partial charge in [0.15, 0.2) is 14.9 Å². The summed E-state index contributed by atoms with van der Waals surface area (Å²) in [7, 11) is -2.94. The highest BCUT2D eigenvalue weighted by Crippen LogP contribution is 2.60. The monoisotopic (exact) mass is 356 g/mol. The van der Waals surface area contributed by atoms with Crippen molar-refractivity contribution in [1.82, 2.24) is 10.6 Å². The van der Waals surface area contributed by atoms with Crippen molar-refractivity contribution in [2.75, 3.05) is 11.5 Å². The summed E-state index contributed by atoms with van der Waals surface area (Å²) in [4.78, 5) is 12.9. The molecule has 1 amide bonds. The second-order valence-electron chi connectivity index (χ2n) is 8.23. The highest BCUT2D eigenvalue weighted by molar-refractivity contribution is 7.91. The van der Waals surface area contributed by atoms with Gasteiger partial charge in [-0.05, 0) is 74.9 Å². The normalized spacial score (nSPS) is 43.3. The first-order chi connectivity index (χ1) is 10.8. The predicted octanol–water partition coefficient (Wildman–Crippen LogP) is 1.38. The van der Waals surface area contributed by atoms with Crippen LogP contribution < -0.4 is 10.6 Å². The van der Waals surface area contributed by atoms with Crippen LogP contribution >= 0.6 is 12.2 Å². The van der Waals surface area contributed by atoms with Gasteiger partial charge in [-0.25, -0.2) is 8.42 Å². The molecule has 0 spiro atoms. The highest BCUT2D eigenvalue weighted by atomic mass is 32.2. The number of nitrogens with one attached hydrogen (secondary N) is 2. The Kier molecular flexibility index (Phi) is 3.72. The summed E-state index contributed by atoms with van der Waals surface area (Å²) in [6.07, 6.45) is 7.48. The summed E-state index contributed by atoms with van der Waals surface area (Å²) < 4.78 is 23.0. The zero-order valence-corrected chi connectivity index (χ0v) is 14.8. The first kappa shape index (κ1) is 15.8. The van der Waals surface area contributed by atoms with E-state index >= 15 is 0 Å². The average Bonchev–Trinajstić information content (AvgIpc) is 2.76. The lowest BCUT2D eigenvalue weighted by atomic mass is 9.49. The van der Waals surface area contributed by atoms with Gasteiger partial charge in [0.25, 0.3) is 0 Å². The maximum absolute atomic E-state index is 12.9. The molecule has 7 heteroatoms. The van der Waals surface area contributed by atoms with Crippen molar-refractivity contribution in [3.05, 3.63) is 0 Å². The predicted molar refractivity (Wildman–Crippen MR) is 91.5 cm³/mol. The van der Waals surface area contributed by atoms with Crippen molar-refractivity contribution in [1.29, 1.82) is 0 Å². The molecule has 2 N–H and O–H groups in total. The Morgan fingerprint density at radius 2 is 1.61 bits per heavy atom. The molecule has 5 nitrogen and oxygen atoms in total. The van der Waals surface area contributed by atoms with Gasteiger partial charge in [0.2, 0.25) is 5.91 Å². The number of thiocarbonyl (C=S) groups is 1. The van der Waals surface area contributed by atoms with Gasteiger partial charge in [-0.2, -0.15) is 0 Å². The van der Waals surface area contributed by atoms with Crippen molar-refractivity contribution in [2.24, 2.45) is 23.2 Å². The third kappa shape index (κ3) is 3.02. The van der Waals surface area contributed by atoms with Crippen LogP contribution in [0, 0.1) is 23.2 Å². The quantitative estimate of drug-likeness (QED) is 0.731. The third-order valence-corrected chi connectivity index (χ3v) is 8.30. The van der Waals surface area contributed by atoms with Crippen molar-refractivity contribution < 1.29 is 13.2 Å². The topological polar surface area (TPSA) is 75.3 Å². The summed E-state index contributed by atoms with van der Waals surface area (Å²) in [5, 5.41) is 6.19. The third-order valence-electron chi connectivity index (χ3n) is 6.31. The Bertz CT molecular complexity index is 608. The molecule has 5 rings (SSSR count). The Hall–Kier alpha value is -0.690. The van der Waals surface area contributed by atoms with Gasteiger partial charge in [0, 0.05) is 6.04 Å². The molecule has 1 aliphatic heterocycles. The Morgan fingerprint density at radius 1 is 1.04 bits per heavy atom. The lowest BCUT2D eigenvalue weighted by Crippen LogP contribution is -2.56. The number of rotatable bonds is 2. The lowest BCUT2D eigenvalue weighted by Gasteiger charge is -2.55. The highest BCUT2D eigenvalue weighted by Gasteiger charge is 2.54. The zero-order valence-electron chi connectivity index (χ0n) is 13.2. The molecule has 4 aliphatic carbocycles. The molecule has 5 fully saturated rings. The molecule has 1 heterocycles. The van der Waals surface area contributed by atoms with Gasteiger partial charge in [-0.1, -0.05) is 0 Å². The van der Waals surface area contributed by atoms with Crippen LogP contribution in [0.15, 0.2) is 0 Å². The van der Waals surface area contributed by atoms with Crippen LogP contribution in [-0.2, 0) is 14.6 Å². The lowest BCUT2D eigenvalue weighted by molar-refractivity contribution is -0.144. The van der Waals surface area contributed by atoms with E-state index in [4.69, 9.17) is 12.2 Å². The van der Waals surface area contributed by atoms with E-state index in [0.29, 0.717) is 29.3 Å². The molecule has 5 aliphatic rings. The second-order valence-corrected chi connectivity index (χ2v) is 10.9. The van der Waals surface area contributed by atoms with Crippen molar-refractivity contribution in [3.63, 3.8) is 0 Å². The number of hydrogen-bond donors (Lipinski definition) is 2.